The number of phenols is 1. The third-order valence-electron chi connectivity index (χ3n) is 2.37. The summed E-state index contributed by atoms with van der Waals surface area (Å²) in [6, 6.07) is 11.3. The summed E-state index contributed by atoms with van der Waals surface area (Å²) in [5, 5.41) is 20.3. The van der Waals surface area contributed by atoms with Crippen LogP contribution >= 0.6 is 22.6 Å². The van der Waals surface area contributed by atoms with Crippen LogP contribution in [-0.2, 0) is 0 Å². The van der Waals surface area contributed by atoms with Crippen molar-refractivity contribution in [2.24, 2.45) is 4.99 Å². The predicted octanol–water partition coefficient (Wildman–Crippen LogP) is 3.66. The summed E-state index contributed by atoms with van der Waals surface area (Å²) in [7, 11) is 0. The molecule has 0 aliphatic carbocycles. The monoisotopic (exact) mass is 368 g/mol. The van der Waals surface area contributed by atoms with Crippen LogP contribution in [0.15, 0.2) is 47.5 Å². The highest BCUT2D eigenvalue weighted by Crippen LogP contribution is 2.24. The lowest BCUT2D eigenvalue weighted by Crippen LogP contribution is -1.88. The number of para-hydroxylation sites is 1. The van der Waals surface area contributed by atoms with Crippen LogP contribution in [0.1, 0.15) is 5.56 Å². The molecule has 0 atom stereocenters. The van der Waals surface area contributed by atoms with Gasteiger partial charge in [-0.05, 0) is 40.8 Å². The number of aliphatic imine (C=N–C) groups is 1. The molecule has 0 amide bonds. The number of phenolic OH excluding ortho intramolecular Hbond substituents is 1. The molecule has 96 valence electrons. The molecular weight excluding hydrogens is 359 g/mol. The van der Waals surface area contributed by atoms with E-state index < -0.39 is 4.92 Å². The average molecular weight is 368 g/mol. The normalized spacial score (nSPS) is 10.8. The minimum absolute atomic E-state index is 0.00339. The fourth-order valence-electron chi connectivity index (χ4n) is 1.48. The summed E-state index contributed by atoms with van der Waals surface area (Å²) >= 11 is 2.00. The van der Waals surface area contributed by atoms with E-state index in [1.807, 2.05) is 22.6 Å². The van der Waals surface area contributed by atoms with Crippen molar-refractivity contribution in [1.82, 2.24) is 0 Å². The fraction of sp³-hybridized carbons (Fsp3) is 0. The molecule has 5 nitrogen and oxygen atoms in total. The Kier molecular flexibility index (Phi) is 4.10. The highest BCUT2D eigenvalue weighted by molar-refractivity contribution is 14.1. The van der Waals surface area contributed by atoms with Gasteiger partial charge in [0.15, 0.2) is 0 Å². The van der Waals surface area contributed by atoms with Crippen molar-refractivity contribution in [3.8, 4) is 5.75 Å². The van der Waals surface area contributed by atoms with Gasteiger partial charge >= 0.3 is 0 Å². The van der Waals surface area contributed by atoms with Crippen LogP contribution in [0.3, 0.4) is 0 Å². The van der Waals surface area contributed by atoms with E-state index >= 15 is 0 Å². The first-order valence-corrected chi connectivity index (χ1v) is 6.41. The molecule has 0 saturated carbocycles. The molecule has 0 aromatic heterocycles. The Morgan fingerprint density at radius 2 is 2.00 bits per heavy atom. The van der Waals surface area contributed by atoms with Gasteiger partial charge in [-0.1, -0.05) is 12.1 Å². The van der Waals surface area contributed by atoms with Crippen LogP contribution in [0, 0.1) is 13.7 Å². The van der Waals surface area contributed by atoms with Crippen molar-refractivity contribution in [3.63, 3.8) is 0 Å². The molecule has 19 heavy (non-hydrogen) atoms. The second-order valence-corrected chi connectivity index (χ2v) is 4.99. The minimum Gasteiger partial charge on any atom is -0.507 e. The zero-order valence-corrected chi connectivity index (χ0v) is 11.8. The van der Waals surface area contributed by atoms with Crippen LogP contribution < -0.4 is 0 Å². The second kappa shape index (κ2) is 5.79. The zero-order valence-electron chi connectivity index (χ0n) is 9.65. The summed E-state index contributed by atoms with van der Waals surface area (Å²) < 4.78 is 0.733. The third kappa shape index (κ3) is 3.50. The number of halogens is 1. The Bertz CT molecular complexity index is 656. The summed E-state index contributed by atoms with van der Waals surface area (Å²) in [4.78, 5) is 14.4. The van der Waals surface area contributed by atoms with Crippen molar-refractivity contribution < 1.29 is 10.0 Å². The number of benzene rings is 2. The number of nitro groups is 1. The average Bonchev–Trinajstić information content (AvgIpc) is 2.37. The molecule has 0 saturated heterocycles. The van der Waals surface area contributed by atoms with E-state index in [1.165, 1.54) is 18.3 Å². The Morgan fingerprint density at radius 1 is 1.26 bits per heavy atom. The summed E-state index contributed by atoms with van der Waals surface area (Å²) in [6.45, 7) is 0. The number of hydrogen-bond acceptors (Lipinski definition) is 4. The summed E-state index contributed by atoms with van der Waals surface area (Å²) in [5.74, 6) is 0.117. The van der Waals surface area contributed by atoms with Gasteiger partial charge in [-0.25, -0.2) is 0 Å². The number of aromatic hydroxyl groups is 1. The standard InChI is InChI=1S/C13H9IN2O3/c14-10-5-11(7-12(6-10)16(18)19)15-8-9-3-1-2-4-13(9)17/h1-8,17H. The van der Waals surface area contributed by atoms with Gasteiger partial charge in [0.1, 0.15) is 5.75 Å². The maximum absolute atomic E-state index is 10.7. The molecule has 0 radical (unpaired) electrons. The molecule has 0 fully saturated rings. The molecule has 0 heterocycles. The lowest BCUT2D eigenvalue weighted by Gasteiger charge is -1.99. The first kappa shape index (κ1) is 13.5. The lowest BCUT2D eigenvalue weighted by atomic mass is 10.2. The number of nitrogens with zero attached hydrogens (tertiary/aromatic N) is 2. The molecule has 0 spiro atoms. The van der Waals surface area contributed by atoms with Crippen molar-refractivity contribution in [2.45, 2.75) is 0 Å². The van der Waals surface area contributed by atoms with E-state index in [1.54, 1.807) is 30.3 Å². The van der Waals surface area contributed by atoms with Crippen molar-refractivity contribution in [2.75, 3.05) is 0 Å². The van der Waals surface area contributed by atoms with E-state index in [9.17, 15) is 15.2 Å². The quantitative estimate of drug-likeness (QED) is 0.389. The van der Waals surface area contributed by atoms with Crippen molar-refractivity contribution >= 4 is 40.2 Å². The molecule has 2 aromatic rings. The Hall–Kier alpha value is -1.96. The highest BCUT2D eigenvalue weighted by Gasteiger charge is 2.07. The number of nitro benzene ring substituents is 1. The third-order valence-corrected chi connectivity index (χ3v) is 2.99. The van der Waals surface area contributed by atoms with Gasteiger partial charge in [-0.2, -0.15) is 0 Å². The van der Waals surface area contributed by atoms with Gasteiger partial charge in [0.05, 0.1) is 10.6 Å². The Labute approximate surface area is 122 Å². The van der Waals surface area contributed by atoms with E-state index in [2.05, 4.69) is 4.99 Å². The SMILES string of the molecule is O=[N+]([O-])c1cc(I)cc(N=Cc2ccccc2O)c1. The van der Waals surface area contributed by atoms with Gasteiger partial charge in [-0.3, -0.25) is 15.1 Å². The van der Waals surface area contributed by atoms with E-state index in [4.69, 9.17) is 0 Å². The summed E-state index contributed by atoms with van der Waals surface area (Å²) in [5.41, 5.74) is 1.03. The van der Waals surface area contributed by atoms with Crippen molar-refractivity contribution in [3.05, 3.63) is 61.7 Å². The molecular formula is C13H9IN2O3. The molecule has 2 rings (SSSR count). The molecule has 1 N–H and O–H groups in total. The zero-order chi connectivity index (χ0) is 13.8. The molecule has 0 aliphatic rings. The molecule has 2 aromatic carbocycles. The first-order chi connectivity index (χ1) is 9.06. The molecule has 6 heteroatoms. The second-order valence-electron chi connectivity index (χ2n) is 3.74. The fourth-order valence-corrected chi connectivity index (χ4v) is 2.12. The Balaban J connectivity index is 2.33. The topological polar surface area (TPSA) is 75.7 Å². The van der Waals surface area contributed by atoms with E-state index in [0.717, 1.165) is 3.57 Å². The predicted molar refractivity (Wildman–Crippen MR) is 81.2 cm³/mol. The number of non-ortho nitro benzene ring substituents is 1. The van der Waals surface area contributed by atoms with Crippen LogP contribution in [0.4, 0.5) is 11.4 Å². The Morgan fingerprint density at radius 3 is 2.68 bits per heavy atom. The van der Waals surface area contributed by atoms with Gasteiger partial charge in [-0.15, -0.1) is 0 Å². The van der Waals surface area contributed by atoms with Crippen LogP contribution in [-0.4, -0.2) is 16.2 Å². The van der Waals surface area contributed by atoms with Crippen LogP contribution in [0.2, 0.25) is 0 Å². The number of rotatable bonds is 3. The maximum atomic E-state index is 10.7. The van der Waals surface area contributed by atoms with Gasteiger partial charge < -0.3 is 5.11 Å². The maximum Gasteiger partial charge on any atom is 0.272 e. The van der Waals surface area contributed by atoms with Crippen LogP contribution in [0.5, 0.6) is 5.75 Å². The first-order valence-electron chi connectivity index (χ1n) is 5.33. The van der Waals surface area contributed by atoms with E-state index in [0.29, 0.717) is 11.3 Å². The van der Waals surface area contributed by atoms with Gasteiger partial charge in [0.2, 0.25) is 0 Å². The van der Waals surface area contributed by atoms with Gasteiger partial charge in [0, 0.05) is 27.5 Å². The molecule has 0 aliphatic heterocycles. The van der Waals surface area contributed by atoms with Crippen molar-refractivity contribution in [1.29, 1.82) is 0 Å². The summed E-state index contributed by atoms with van der Waals surface area (Å²) in [6.07, 6.45) is 1.48. The van der Waals surface area contributed by atoms with E-state index in [-0.39, 0.29) is 11.4 Å². The molecule has 0 bridgehead atoms. The molecule has 0 unspecified atom stereocenters. The van der Waals surface area contributed by atoms with Gasteiger partial charge in [0.25, 0.3) is 5.69 Å². The minimum atomic E-state index is -0.457. The smallest absolute Gasteiger partial charge is 0.272 e. The van der Waals surface area contributed by atoms with Crippen LogP contribution in [0.25, 0.3) is 0 Å². The number of hydrogen-bond donors (Lipinski definition) is 1. The largest absolute Gasteiger partial charge is 0.507 e. The lowest BCUT2D eigenvalue weighted by molar-refractivity contribution is -0.384. The highest BCUT2D eigenvalue weighted by atomic mass is 127.